The van der Waals surface area contributed by atoms with Gasteiger partial charge in [0.25, 0.3) is 0 Å². The molecule has 0 radical (unpaired) electrons. The molecule has 0 aromatic heterocycles. The van der Waals surface area contributed by atoms with Crippen LogP contribution in [0.5, 0.6) is 0 Å². The van der Waals surface area contributed by atoms with Crippen LogP contribution in [0.15, 0.2) is 0 Å². The van der Waals surface area contributed by atoms with Gasteiger partial charge < -0.3 is 5.11 Å². The molecule has 10 heteroatoms. The van der Waals surface area contributed by atoms with Crippen molar-refractivity contribution in [2.75, 3.05) is 0 Å². The van der Waals surface area contributed by atoms with Gasteiger partial charge >= 0.3 is 5.97 Å². The van der Waals surface area contributed by atoms with Crippen LogP contribution >= 0.6 is 81.4 Å². The van der Waals surface area contributed by atoms with Gasteiger partial charge in [0.15, 0.2) is 0 Å². The summed E-state index contributed by atoms with van der Waals surface area (Å²) in [6.07, 6.45) is 5.30. The van der Waals surface area contributed by atoms with E-state index in [1.807, 2.05) is 0 Å². The average Bonchev–Trinajstić information content (AvgIpc) is 2.35. The molecule has 0 fully saturated rings. The second-order valence-corrected chi connectivity index (χ2v) is 15.3. The molecule has 0 spiro atoms. The standard InChI is InChI=1S/C8H16O2S8/c1-2-3-4-5-6-7(8(9)10)12-14-16-18-17-15-13-11/h7,11H,2-6H2,1H3,(H,9,10). The van der Waals surface area contributed by atoms with Crippen LogP contribution in [0.1, 0.15) is 39.0 Å². The van der Waals surface area contributed by atoms with Crippen molar-refractivity contribution in [2.45, 2.75) is 44.3 Å². The number of unbranched alkanes of at least 4 members (excludes halogenated alkanes) is 3. The van der Waals surface area contributed by atoms with E-state index in [2.05, 4.69) is 18.6 Å². The van der Waals surface area contributed by atoms with Crippen LogP contribution in [-0.2, 0) is 4.79 Å². The molecule has 1 atom stereocenters. The Kier molecular flexibility index (Phi) is 17.6. The van der Waals surface area contributed by atoms with E-state index in [1.165, 1.54) is 33.5 Å². The molecule has 1 unspecified atom stereocenters. The lowest BCUT2D eigenvalue weighted by Gasteiger charge is -2.09. The number of carboxylic acid groups (broad SMARTS) is 1. The van der Waals surface area contributed by atoms with E-state index < -0.39 is 5.97 Å². The molecule has 0 saturated heterocycles. The fourth-order valence-corrected chi connectivity index (χ4v) is 15.7. The molecule has 0 aromatic carbocycles. The molecule has 2 nitrogen and oxygen atoms in total. The van der Waals surface area contributed by atoms with Gasteiger partial charge in [0.05, 0.1) is 0 Å². The number of carboxylic acids is 1. The quantitative estimate of drug-likeness (QED) is 0.195. The Hall–Kier alpha value is 2.27. The summed E-state index contributed by atoms with van der Waals surface area (Å²) in [5.74, 6) is -0.692. The lowest BCUT2D eigenvalue weighted by atomic mass is 10.1. The lowest BCUT2D eigenvalue weighted by molar-refractivity contribution is -0.136. The molecule has 1 N–H and O–H groups in total. The molecule has 0 saturated carbocycles. The maximum Gasteiger partial charge on any atom is 0.317 e. The van der Waals surface area contributed by atoms with Crippen molar-refractivity contribution in [1.29, 1.82) is 0 Å². The molecule has 108 valence electrons. The number of hydrogen-bond donors (Lipinski definition) is 2. The lowest BCUT2D eigenvalue weighted by Crippen LogP contribution is -2.14. The third-order valence-electron chi connectivity index (χ3n) is 1.89. The summed E-state index contributed by atoms with van der Waals surface area (Å²) in [5.41, 5.74) is 0. The first kappa shape index (κ1) is 20.3. The van der Waals surface area contributed by atoms with Crippen LogP contribution in [0, 0.1) is 0 Å². The van der Waals surface area contributed by atoms with Crippen molar-refractivity contribution in [3.8, 4) is 0 Å². The molecule has 18 heavy (non-hydrogen) atoms. The number of carbonyl (C=O) groups is 1. The van der Waals surface area contributed by atoms with Crippen LogP contribution in [0.2, 0.25) is 0 Å². The number of thiol groups is 1. The smallest absolute Gasteiger partial charge is 0.317 e. The summed E-state index contributed by atoms with van der Waals surface area (Å²) < 4.78 is 0. The molecule has 0 heterocycles. The molecule has 0 rings (SSSR count). The molecule has 0 bridgehead atoms. The highest BCUT2D eigenvalue weighted by molar-refractivity contribution is 9.48. The maximum atomic E-state index is 11.1. The summed E-state index contributed by atoms with van der Waals surface area (Å²) in [6.45, 7) is 2.16. The number of hydrogen-bond acceptors (Lipinski definition) is 9. The molecular weight excluding hydrogens is 385 g/mol. The Morgan fingerprint density at radius 2 is 1.78 bits per heavy atom. The molecule has 0 aliphatic heterocycles. The largest absolute Gasteiger partial charge is 0.480 e. The van der Waals surface area contributed by atoms with E-state index in [1.54, 1.807) is 49.1 Å². The molecule has 0 aliphatic rings. The van der Waals surface area contributed by atoms with Crippen molar-refractivity contribution in [2.24, 2.45) is 0 Å². The summed E-state index contributed by atoms with van der Waals surface area (Å²) >= 11 is 4.01. The van der Waals surface area contributed by atoms with Gasteiger partial charge in [0, 0.05) is 0 Å². The van der Waals surface area contributed by atoms with Gasteiger partial charge in [-0.15, -0.1) is 0 Å². The summed E-state index contributed by atoms with van der Waals surface area (Å²) in [7, 11) is 10.9. The highest BCUT2D eigenvalue weighted by Gasteiger charge is 2.18. The summed E-state index contributed by atoms with van der Waals surface area (Å²) in [4.78, 5) is 11.1. The predicted octanol–water partition coefficient (Wildman–Crippen LogP) is 6.88. The Morgan fingerprint density at radius 1 is 1.11 bits per heavy atom. The van der Waals surface area contributed by atoms with Crippen LogP contribution in [0.3, 0.4) is 0 Å². The van der Waals surface area contributed by atoms with E-state index in [9.17, 15) is 4.79 Å². The zero-order chi connectivity index (χ0) is 13.6. The Bertz CT molecular complexity index is 206. The van der Waals surface area contributed by atoms with Gasteiger partial charge in [-0.2, -0.15) is 0 Å². The fourth-order valence-electron chi connectivity index (χ4n) is 1.08. The molecule has 0 aliphatic carbocycles. The second kappa shape index (κ2) is 15.7. The highest BCUT2D eigenvalue weighted by Crippen LogP contribution is 2.56. The zero-order valence-electron chi connectivity index (χ0n) is 9.77. The summed E-state index contributed by atoms with van der Waals surface area (Å²) in [5, 5.41) is 8.82. The first-order chi connectivity index (χ1) is 8.72. The topological polar surface area (TPSA) is 37.3 Å². The minimum atomic E-state index is -0.692. The zero-order valence-corrected chi connectivity index (χ0v) is 16.4. The van der Waals surface area contributed by atoms with E-state index in [-0.39, 0.29) is 5.25 Å². The van der Waals surface area contributed by atoms with Gasteiger partial charge in [0.1, 0.15) is 5.25 Å². The van der Waals surface area contributed by atoms with Crippen LogP contribution in [0.4, 0.5) is 0 Å². The minimum absolute atomic E-state index is 0.281. The SMILES string of the molecule is CCCCCCC(SSSSSSSS)C(=O)O. The fraction of sp³-hybridized carbons (Fsp3) is 0.875. The number of rotatable bonds is 13. The average molecular weight is 401 g/mol. The highest BCUT2D eigenvalue weighted by atomic mass is 34.0. The summed E-state index contributed by atoms with van der Waals surface area (Å²) in [6, 6.07) is 0. The Labute approximate surface area is 140 Å². The van der Waals surface area contributed by atoms with Gasteiger partial charge in [-0.1, -0.05) is 55.1 Å². The van der Waals surface area contributed by atoms with Crippen molar-refractivity contribution in [1.82, 2.24) is 0 Å². The van der Waals surface area contributed by atoms with E-state index in [0.717, 1.165) is 19.3 Å². The van der Waals surface area contributed by atoms with E-state index in [4.69, 9.17) is 5.11 Å². The van der Waals surface area contributed by atoms with Crippen molar-refractivity contribution in [3.05, 3.63) is 0 Å². The van der Waals surface area contributed by atoms with E-state index in [0.29, 0.717) is 0 Å². The first-order valence-electron chi connectivity index (χ1n) is 5.25. The second-order valence-electron chi connectivity index (χ2n) is 3.19. The minimum Gasteiger partial charge on any atom is -0.480 e. The van der Waals surface area contributed by atoms with Crippen molar-refractivity contribution < 1.29 is 9.90 Å². The van der Waals surface area contributed by atoms with Crippen LogP contribution in [0.25, 0.3) is 0 Å². The third kappa shape index (κ3) is 13.3. The van der Waals surface area contributed by atoms with Crippen molar-refractivity contribution in [3.63, 3.8) is 0 Å². The Balaban J connectivity index is 3.54. The van der Waals surface area contributed by atoms with Gasteiger partial charge in [-0.05, 0) is 65.4 Å². The van der Waals surface area contributed by atoms with Crippen LogP contribution in [-0.4, -0.2) is 16.3 Å². The van der Waals surface area contributed by atoms with E-state index >= 15 is 0 Å². The monoisotopic (exact) mass is 400 g/mol. The number of aliphatic carboxylic acids is 1. The maximum absolute atomic E-state index is 11.1. The molecular formula is C8H16O2S8. The first-order valence-corrected chi connectivity index (χ1v) is 15.2. The van der Waals surface area contributed by atoms with Gasteiger partial charge in [-0.25, -0.2) is 0 Å². The predicted molar refractivity (Wildman–Crippen MR) is 102 cm³/mol. The third-order valence-corrected chi connectivity index (χ3v) is 15.6. The van der Waals surface area contributed by atoms with Gasteiger partial charge in [0.2, 0.25) is 0 Å². The molecule has 0 aromatic rings. The normalized spacial score (nSPS) is 12.6. The van der Waals surface area contributed by atoms with Crippen molar-refractivity contribution >= 4 is 87.4 Å². The van der Waals surface area contributed by atoms with Gasteiger partial charge in [-0.3, -0.25) is 4.79 Å². The Morgan fingerprint density at radius 3 is 2.39 bits per heavy atom. The van der Waals surface area contributed by atoms with Crippen LogP contribution < -0.4 is 0 Å². The molecule has 0 amide bonds.